The molecule has 1 saturated heterocycles. The first-order chi connectivity index (χ1) is 13.7. The molecule has 0 N–H and O–H groups in total. The Bertz CT molecular complexity index is 1110. The van der Waals surface area contributed by atoms with Gasteiger partial charge in [0.15, 0.2) is 5.76 Å². The minimum Gasteiger partial charge on any atom is -0.461 e. The molecule has 1 aliphatic rings. The number of hydrogen-bond donors (Lipinski definition) is 0. The number of rotatable bonds is 4. The van der Waals surface area contributed by atoms with E-state index in [2.05, 4.69) is 15.2 Å². The number of aromatic nitrogens is 4. The average Bonchev–Trinajstić information content (AvgIpc) is 3.41. The monoisotopic (exact) mass is 375 g/mol. The van der Waals surface area contributed by atoms with Crippen LogP contribution in [0.25, 0.3) is 22.8 Å². The number of nitrogens with zero attached hydrogens (tertiary/aromatic N) is 5. The molecule has 140 valence electrons. The molecule has 4 heterocycles. The van der Waals surface area contributed by atoms with E-state index >= 15 is 0 Å². The van der Waals surface area contributed by atoms with Gasteiger partial charge < -0.3 is 13.8 Å². The predicted molar refractivity (Wildman–Crippen MR) is 99.3 cm³/mol. The fourth-order valence-electron chi connectivity index (χ4n) is 3.29. The van der Waals surface area contributed by atoms with Crippen molar-refractivity contribution in [1.82, 2.24) is 24.8 Å². The molecule has 0 aliphatic carbocycles. The quantitative estimate of drug-likeness (QED) is 0.545. The minimum absolute atomic E-state index is 0.0296. The Balaban J connectivity index is 1.28. The molecule has 4 aromatic rings. The van der Waals surface area contributed by atoms with E-state index in [4.69, 9.17) is 8.94 Å². The Morgan fingerprint density at radius 3 is 2.71 bits per heavy atom. The highest BCUT2D eigenvalue weighted by atomic mass is 16.5. The summed E-state index contributed by atoms with van der Waals surface area (Å²) in [6.45, 7) is 1.06. The van der Waals surface area contributed by atoms with Gasteiger partial charge in [-0.2, -0.15) is 10.1 Å². The summed E-state index contributed by atoms with van der Waals surface area (Å²) in [6, 6.07) is 15.2. The van der Waals surface area contributed by atoms with Gasteiger partial charge in [0, 0.05) is 25.7 Å². The van der Waals surface area contributed by atoms with Gasteiger partial charge in [-0.25, -0.2) is 0 Å². The van der Waals surface area contributed by atoms with Crippen molar-refractivity contribution in [3.63, 3.8) is 0 Å². The molecule has 0 unspecified atom stereocenters. The van der Waals surface area contributed by atoms with Gasteiger partial charge in [0.05, 0.1) is 17.9 Å². The highest BCUT2D eigenvalue weighted by molar-refractivity contribution is 5.94. The van der Waals surface area contributed by atoms with Crippen LogP contribution in [0.1, 0.15) is 22.3 Å². The van der Waals surface area contributed by atoms with E-state index in [0.717, 1.165) is 11.3 Å². The molecule has 0 bridgehead atoms. The van der Waals surface area contributed by atoms with Crippen molar-refractivity contribution in [3.05, 3.63) is 66.4 Å². The summed E-state index contributed by atoms with van der Waals surface area (Å²) in [7, 11) is 1.78. The maximum Gasteiger partial charge on any atom is 0.272 e. The summed E-state index contributed by atoms with van der Waals surface area (Å²) in [5.74, 6) is 1.47. The molecule has 28 heavy (non-hydrogen) atoms. The second-order valence-electron chi connectivity index (χ2n) is 6.75. The first-order valence-corrected chi connectivity index (χ1v) is 8.95. The van der Waals surface area contributed by atoms with Crippen molar-refractivity contribution in [1.29, 1.82) is 0 Å². The third-order valence-electron chi connectivity index (χ3n) is 4.87. The number of carbonyl (C=O) groups is 1. The van der Waals surface area contributed by atoms with E-state index in [0.29, 0.717) is 36.3 Å². The Hall–Kier alpha value is -3.68. The zero-order valence-corrected chi connectivity index (χ0v) is 15.1. The summed E-state index contributed by atoms with van der Waals surface area (Å²) in [6.07, 6.45) is 1.56. The van der Waals surface area contributed by atoms with Crippen LogP contribution >= 0.6 is 0 Å². The number of hydrogen-bond acceptors (Lipinski definition) is 6. The molecule has 1 aromatic carbocycles. The largest absolute Gasteiger partial charge is 0.461 e. The van der Waals surface area contributed by atoms with Crippen LogP contribution in [0, 0.1) is 0 Å². The van der Waals surface area contributed by atoms with Crippen molar-refractivity contribution in [2.24, 2.45) is 7.05 Å². The second-order valence-corrected chi connectivity index (χ2v) is 6.75. The van der Waals surface area contributed by atoms with Crippen molar-refractivity contribution >= 4 is 5.91 Å². The Morgan fingerprint density at radius 1 is 1.14 bits per heavy atom. The van der Waals surface area contributed by atoms with Gasteiger partial charge in [-0.15, -0.1) is 0 Å². The molecular weight excluding hydrogens is 358 g/mol. The topological polar surface area (TPSA) is 90.2 Å². The molecule has 3 aromatic heterocycles. The maximum absolute atomic E-state index is 12.8. The summed E-state index contributed by atoms with van der Waals surface area (Å²) >= 11 is 0. The number of amides is 1. The molecule has 8 heteroatoms. The lowest BCUT2D eigenvalue weighted by Gasteiger charge is -2.36. The van der Waals surface area contributed by atoms with Crippen LogP contribution in [0.5, 0.6) is 0 Å². The zero-order valence-electron chi connectivity index (χ0n) is 15.1. The van der Waals surface area contributed by atoms with Crippen LogP contribution in [-0.2, 0) is 7.05 Å². The standard InChI is InChI=1S/C20H17N5O3/c1-24-16(10-15(22-24)13-6-3-2-4-7-13)20(26)25-11-14(12-25)19-21-18(23-28-19)17-8-5-9-27-17/h2-10,14H,11-12H2,1H3. The number of carbonyl (C=O) groups excluding carboxylic acids is 1. The number of aryl methyl sites for hydroxylation is 1. The van der Waals surface area contributed by atoms with Crippen LogP contribution in [0.15, 0.2) is 63.7 Å². The first kappa shape index (κ1) is 16.5. The van der Waals surface area contributed by atoms with Crippen LogP contribution in [-0.4, -0.2) is 43.8 Å². The molecule has 5 rings (SSSR count). The molecule has 1 aliphatic heterocycles. The second kappa shape index (κ2) is 6.49. The third kappa shape index (κ3) is 2.79. The van der Waals surface area contributed by atoms with Crippen LogP contribution in [0.2, 0.25) is 0 Å². The van der Waals surface area contributed by atoms with Crippen LogP contribution < -0.4 is 0 Å². The van der Waals surface area contributed by atoms with Gasteiger partial charge in [0.1, 0.15) is 5.69 Å². The van der Waals surface area contributed by atoms with Crippen molar-refractivity contribution < 1.29 is 13.7 Å². The Labute approximate surface area is 160 Å². The van der Waals surface area contributed by atoms with Gasteiger partial charge in [0.2, 0.25) is 11.7 Å². The van der Waals surface area contributed by atoms with Gasteiger partial charge in [0.25, 0.3) is 5.91 Å². The minimum atomic E-state index is -0.0563. The summed E-state index contributed by atoms with van der Waals surface area (Å²) in [5.41, 5.74) is 2.32. The van der Waals surface area contributed by atoms with E-state index in [1.807, 2.05) is 36.4 Å². The van der Waals surface area contributed by atoms with Crippen LogP contribution in [0.4, 0.5) is 0 Å². The molecule has 1 amide bonds. The number of furan rings is 1. The highest BCUT2D eigenvalue weighted by Crippen LogP contribution is 2.29. The average molecular weight is 375 g/mol. The van der Waals surface area contributed by atoms with E-state index in [1.165, 1.54) is 0 Å². The normalized spacial score (nSPS) is 14.2. The van der Waals surface area contributed by atoms with E-state index in [9.17, 15) is 4.79 Å². The summed E-state index contributed by atoms with van der Waals surface area (Å²) in [5, 5.41) is 8.41. The van der Waals surface area contributed by atoms with Gasteiger partial charge >= 0.3 is 0 Å². The molecule has 8 nitrogen and oxygen atoms in total. The van der Waals surface area contributed by atoms with Gasteiger partial charge in [-0.05, 0) is 18.2 Å². The van der Waals surface area contributed by atoms with Crippen molar-refractivity contribution in [2.75, 3.05) is 13.1 Å². The molecule has 0 spiro atoms. The molecule has 0 saturated carbocycles. The first-order valence-electron chi connectivity index (χ1n) is 8.95. The fourth-order valence-corrected chi connectivity index (χ4v) is 3.29. The Kier molecular flexibility index (Phi) is 3.82. The molecule has 1 fully saturated rings. The SMILES string of the molecule is Cn1nc(-c2ccccc2)cc1C(=O)N1CC(c2nc(-c3ccco3)no2)C1. The lowest BCUT2D eigenvalue weighted by molar-refractivity contribution is 0.0558. The van der Waals surface area contributed by atoms with E-state index in [-0.39, 0.29) is 11.8 Å². The van der Waals surface area contributed by atoms with Gasteiger partial charge in [-0.3, -0.25) is 9.48 Å². The zero-order chi connectivity index (χ0) is 19.1. The van der Waals surface area contributed by atoms with Crippen molar-refractivity contribution in [3.8, 4) is 22.8 Å². The van der Waals surface area contributed by atoms with Crippen molar-refractivity contribution in [2.45, 2.75) is 5.92 Å². The number of benzene rings is 1. The third-order valence-corrected chi connectivity index (χ3v) is 4.87. The molecular formula is C20H17N5O3. The lowest BCUT2D eigenvalue weighted by atomic mass is 9.99. The molecule has 0 radical (unpaired) electrons. The van der Waals surface area contributed by atoms with E-state index < -0.39 is 0 Å². The van der Waals surface area contributed by atoms with Gasteiger partial charge in [-0.1, -0.05) is 35.5 Å². The number of likely N-dealkylation sites (tertiary alicyclic amines) is 1. The highest BCUT2D eigenvalue weighted by Gasteiger charge is 2.37. The smallest absolute Gasteiger partial charge is 0.272 e. The van der Waals surface area contributed by atoms with E-state index in [1.54, 1.807) is 35.0 Å². The Morgan fingerprint density at radius 2 is 1.96 bits per heavy atom. The predicted octanol–water partition coefficient (Wildman–Crippen LogP) is 2.97. The summed E-state index contributed by atoms with van der Waals surface area (Å²) < 4.78 is 12.2. The maximum atomic E-state index is 12.8. The summed E-state index contributed by atoms with van der Waals surface area (Å²) in [4.78, 5) is 19.0. The fraction of sp³-hybridized carbons (Fsp3) is 0.200. The van der Waals surface area contributed by atoms with Crippen LogP contribution in [0.3, 0.4) is 0 Å². The lowest BCUT2D eigenvalue weighted by Crippen LogP contribution is -2.49. The molecule has 0 atom stereocenters.